The quantitative estimate of drug-likeness (QED) is 0.841. The molecule has 2 aromatic rings. The highest BCUT2D eigenvalue weighted by molar-refractivity contribution is 9.10. The van der Waals surface area contributed by atoms with Crippen LogP contribution in [-0.2, 0) is 4.79 Å². The Labute approximate surface area is 120 Å². The normalized spacial score (nSPS) is 16.0. The van der Waals surface area contributed by atoms with E-state index in [-0.39, 0.29) is 11.9 Å². The first-order valence-electron chi connectivity index (χ1n) is 6.07. The van der Waals surface area contributed by atoms with Gasteiger partial charge >= 0.3 is 0 Å². The van der Waals surface area contributed by atoms with Crippen LogP contribution in [0.4, 0.5) is 11.4 Å². The molecule has 0 bridgehead atoms. The molecule has 0 aromatic heterocycles. The van der Waals surface area contributed by atoms with Crippen LogP contribution >= 0.6 is 15.9 Å². The summed E-state index contributed by atoms with van der Waals surface area (Å²) in [5.74, 6) is -0.0346. The number of carbonyl (C=O) groups excluding carboxylic acids is 1. The molecule has 3 nitrogen and oxygen atoms in total. The van der Waals surface area contributed by atoms with Crippen molar-refractivity contribution in [3.8, 4) is 0 Å². The lowest BCUT2D eigenvalue weighted by atomic mass is 9.92. The van der Waals surface area contributed by atoms with Crippen molar-refractivity contribution in [2.24, 2.45) is 0 Å². The second kappa shape index (κ2) is 4.70. The number of hydrogen-bond donors (Lipinski definition) is 2. The van der Waals surface area contributed by atoms with Crippen molar-refractivity contribution in [2.45, 2.75) is 13.0 Å². The number of rotatable bonds is 1. The lowest BCUT2D eigenvalue weighted by molar-refractivity contribution is -0.119. The van der Waals surface area contributed by atoms with E-state index in [2.05, 4.69) is 26.6 Å². The number of benzene rings is 2. The van der Waals surface area contributed by atoms with Gasteiger partial charge in [-0.3, -0.25) is 4.79 Å². The van der Waals surface area contributed by atoms with E-state index in [9.17, 15) is 4.79 Å². The second-order valence-corrected chi connectivity index (χ2v) is 5.49. The Morgan fingerprint density at radius 3 is 2.68 bits per heavy atom. The van der Waals surface area contributed by atoms with Crippen LogP contribution < -0.4 is 10.6 Å². The van der Waals surface area contributed by atoms with Crippen molar-refractivity contribution >= 4 is 33.2 Å². The predicted molar refractivity (Wildman–Crippen MR) is 79.5 cm³/mol. The third-order valence-corrected chi connectivity index (χ3v) is 3.71. The lowest BCUT2D eigenvalue weighted by Crippen LogP contribution is -2.30. The van der Waals surface area contributed by atoms with Crippen LogP contribution in [0.15, 0.2) is 46.9 Å². The maximum atomic E-state index is 11.5. The molecule has 1 aliphatic rings. The molecule has 0 aliphatic carbocycles. The third kappa shape index (κ3) is 2.24. The Kier molecular flexibility index (Phi) is 3.03. The zero-order valence-corrected chi connectivity index (χ0v) is 12.0. The van der Waals surface area contributed by atoms with E-state index in [4.69, 9.17) is 0 Å². The van der Waals surface area contributed by atoms with E-state index in [1.54, 1.807) is 6.92 Å². The first-order chi connectivity index (χ1) is 9.15. The SMILES string of the molecule is CC(=O)N[C@@H]1c2ccccc2Nc2ccc(Br)cc21. The third-order valence-electron chi connectivity index (χ3n) is 3.21. The van der Waals surface area contributed by atoms with Crippen LogP contribution in [0.2, 0.25) is 0 Å². The molecule has 0 unspecified atom stereocenters. The van der Waals surface area contributed by atoms with Gasteiger partial charge in [-0.05, 0) is 24.3 Å². The summed E-state index contributed by atoms with van der Waals surface area (Å²) in [4.78, 5) is 11.5. The predicted octanol–water partition coefficient (Wildman–Crippen LogP) is 3.73. The molecule has 1 aliphatic heterocycles. The maximum Gasteiger partial charge on any atom is 0.217 e. The molecule has 0 saturated heterocycles. The number of para-hydroxylation sites is 1. The summed E-state index contributed by atoms with van der Waals surface area (Å²) in [5, 5.41) is 6.42. The minimum absolute atomic E-state index is 0.0346. The second-order valence-electron chi connectivity index (χ2n) is 4.58. The molecule has 4 heteroatoms. The summed E-state index contributed by atoms with van der Waals surface area (Å²) < 4.78 is 1.00. The average molecular weight is 317 g/mol. The van der Waals surface area contributed by atoms with E-state index < -0.39 is 0 Å². The summed E-state index contributed by atoms with van der Waals surface area (Å²) in [6.45, 7) is 1.54. The number of amides is 1. The summed E-state index contributed by atoms with van der Waals surface area (Å²) >= 11 is 3.48. The fraction of sp³-hybridized carbons (Fsp3) is 0.133. The number of fused-ring (bicyclic) bond motifs is 2. The zero-order valence-electron chi connectivity index (χ0n) is 10.4. The first kappa shape index (κ1) is 12.2. The van der Waals surface area contributed by atoms with Crippen molar-refractivity contribution < 1.29 is 4.79 Å². The number of halogens is 1. The van der Waals surface area contributed by atoms with Gasteiger partial charge in [0.25, 0.3) is 0 Å². The number of nitrogens with one attached hydrogen (secondary N) is 2. The summed E-state index contributed by atoms with van der Waals surface area (Å²) in [6, 6.07) is 14.0. The van der Waals surface area contributed by atoms with Crippen LogP contribution in [0.3, 0.4) is 0 Å². The van der Waals surface area contributed by atoms with Crippen LogP contribution in [0, 0.1) is 0 Å². The fourth-order valence-electron chi connectivity index (χ4n) is 2.42. The van der Waals surface area contributed by atoms with E-state index in [1.807, 2.05) is 42.5 Å². The molecular weight excluding hydrogens is 304 g/mol. The minimum atomic E-state index is -0.109. The van der Waals surface area contributed by atoms with E-state index >= 15 is 0 Å². The van der Waals surface area contributed by atoms with Crippen molar-refractivity contribution in [3.05, 3.63) is 58.1 Å². The lowest BCUT2D eigenvalue weighted by Gasteiger charge is -2.29. The van der Waals surface area contributed by atoms with Gasteiger partial charge in [0, 0.05) is 33.9 Å². The summed E-state index contributed by atoms with van der Waals surface area (Å²) in [5.41, 5.74) is 4.23. The highest BCUT2D eigenvalue weighted by atomic mass is 79.9. The molecule has 0 spiro atoms. The zero-order chi connectivity index (χ0) is 13.4. The summed E-state index contributed by atoms with van der Waals surface area (Å²) in [7, 11) is 0. The van der Waals surface area contributed by atoms with Gasteiger partial charge in [0.15, 0.2) is 0 Å². The van der Waals surface area contributed by atoms with Gasteiger partial charge in [-0.1, -0.05) is 34.1 Å². The smallest absolute Gasteiger partial charge is 0.217 e. The molecule has 3 rings (SSSR count). The number of anilines is 2. The molecule has 0 fully saturated rings. The van der Waals surface area contributed by atoms with E-state index in [1.165, 1.54) is 0 Å². The van der Waals surface area contributed by atoms with Gasteiger partial charge in [0.1, 0.15) is 0 Å². The fourth-order valence-corrected chi connectivity index (χ4v) is 2.80. The molecule has 2 aromatic carbocycles. The largest absolute Gasteiger partial charge is 0.355 e. The Balaban J connectivity index is 2.16. The molecule has 1 atom stereocenters. The van der Waals surface area contributed by atoms with Gasteiger partial charge < -0.3 is 10.6 Å². The van der Waals surface area contributed by atoms with Crippen LogP contribution in [-0.4, -0.2) is 5.91 Å². The number of carbonyl (C=O) groups is 1. The van der Waals surface area contributed by atoms with Gasteiger partial charge in [0.2, 0.25) is 5.91 Å². The Morgan fingerprint density at radius 1 is 1.16 bits per heavy atom. The van der Waals surface area contributed by atoms with Gasteiger partial charge in [-0.15, -0.1) is 0 Å². The molecule has 0 saturated carbocycles. The van der Waals surface area contributed by atoms with Gasteiger partial charge in [0.05, 0.1) is 6.04 Å². The van der Waals surface area contributed by atoms with Gasteiger partial charge in [-0.25, -0.2) is 0 Å². The van der Waals surface area contributed by atoms with Crippen LogP contribution in [0.5, 0.6) is 0 Å². The van der Waals surface area contributed by atoms with E-state index in [0.29, 0.717) is 0 Å². The highest BCUT2D eigenvalue weighted by Crippen LogP contribution is 2.40. The maximum absolute atomic E-state index is 11.5. The standard InChI is InChI=1S/C15H13BrN2O/c1-9(19)17-15-11-4-2-3-5-13(11)18-14-7-6-10(16)8-12(14)15/h2-8,15,18H,1H3,(H,17,19)/t15-/m1/s1. The van der Waals surface area contributed by atoms with Crippen LogP contribution in [0.1, 0.15) is 24.1 Å². The Morgan fingerprint density at radius 2 is 1.89 bits per heavy atom. The van der Waals surface area contributed by atoms with Crippen molar-refractivity contribution in [1.29, 1.82) is 0 Å². The van der Waals surface area contributed by atoms with Crippen molar-refractivity contribution in [1.82, 2.24) is 5.32 Å². The average Bonchev–Trinajstić information content (AvgIpc) is 2.39. The monoisotopic (exact) mass is 316 g/mol. The molecule has 1 heterocycles. The Bertz CT molecular complexity index is 654. The molecule has 96 valence electrons. The van der Waals surface area contributed by atoms with Crippen molar-refractivity contribution in [3.63, 3.8) is 0 Å². The molecular formula is C15H13BrN2O. The van der Waals surface area contributed by atoms with Crippen molar-refractivity contribution in [2.75, 3.05) is 5.32 Å². The first-order valence-corrected chi connectivity index (χ1v) is 6.87. The minimum Gasteiger partial charge on any atom is -0.355 e. The molecule has 1 amide bonds. The molecule has 2 N–H and O–H groups in total. The summed E-state index contributed by atoms with van der Waals surface area (Å²) in [6.07, 6.45) is 0. The topological polar surface area (TPSA) is 41.1 Å². The number of hydrogen-bond acceptors (Lipinski definition) is 2. The van der Waals surface area contributed by atoms with Crippen LogP contribution in [0.25, 0.3) is 0 Å². The van der Waals surface area contributed by atoms with E-state index in [0.717, 1.165) is 27.0 Å². The highest BCUT2D eigenvalue weighted by Gasteiger charge is 2.25. The molecule has 19 heavy (non-hydrogen) atoms. The van der Waals surface area contributed by atoms with Gasteiger partial charge in [-0.2, -0.15) is 0 Å². The molecule has 0 radical (unpaired) electrons. The Hall–Kier alpha value is -1.81.